The number of fused-ring (bicyclic) bond motifs is 1. The summed E-state index contributed by atoms with van der Waals surface area (Å²) in [5.41, 5.74) is -1.41. The molecule has 1 nitrogen and oxygen atoms in total. The fraction of sp³-hybridized carbons (Fsp3) is 0.100. The molecule has 2 rings (SSSR count). The monoisotopic (exact) mass is 246 g/mol. The Labute approximate surface area is 93.3 Å². The lowest BCUT2D eigenvalue weighted by Gasteiger charge is -2.18. The minimum atomic E-state index is -5.21. The number of aromatic nitrogens is 1. The number of rotatable bonds is 1. The van der Waals surface area contributed by atoms with E-state index in [0.717, 1.165) is 12.1 Å². The molecule has 0 bridgehead atoms. The molecule has 0 aliphatic carbocycles. The Bertz CT molecular complexity index is 593. The summed E-state index contributed by atoms with van der Waals surface area (Å²) < 4.78 is 64.0. The van der Waals surface area contributed by atoms with Gasteiger partial charge in [-0.05, 0) is 19.1 Å². The Morgan fingerprint density at radius 1 is 1.12 bits per heavy atom. The van der Waals surface area contributed by atoms with Crippen LogP contribution in [0, 0.1) is 18.6 Å². The molecule has 0 atom stereocenters. The van der Waals surface area contributed by atoms with Crippen LogP contribution in [0.1, 0.15) is 5.56 Å². The summed E-state index contributed by atoms with van der Waals surface area (Å²) in [5.74, 6) is -2.36. The van der Waals surface area contributed by atoms with Crippen molar-refractivity contribution in [1.29, 1.82) is 0 Å². The molecule has 1 aromatic carbocycles. The molecule has 0 aliphatic rings. The van der Waals surface area contributed by atoms with E-state index >= 15 is 0 Å². The number of nitrogens with zero attached hydrogens (tertiary/aromatic N) is 1. The van der Waals surface area contributed by atoms with Crippen molar-refractivity contribution in [2.75, 3.05) is 0 Å². The second-order valence-corrected chi connectivity index (χ2v) is 3.67. The third kappa shape index (κ3) is 1.85. The van der Waals surface area contributed by atoms with Crippen molar-refractivity contribution in [3.05, 3.63) is 35.5 Å². The molecule has 0 saturated heterocycles. The van der Waals surface area contributed by atoms with Gasteiger partial charge in [0, 0.05) is 11.6 Å². The van der Waals surface area contributed by atoms with Gasteiger partial charge in [-0.25, -0.2) is 8.78 Å². The fourth-order valence-corrected chi connectivity index (χ4v) is 1.69. The lowest BCUT2D eigenvalue weighted by molar-refractivity contribution is 0.500. The summed E-state index contributed by atoms with van der Waals surface area (Å²) >= 11 is 0. The summed E-state index contributed by atoms with van der Waals surface area (Å²) in [4.78, 5) is 3.35. The van der Waals surface area contributed by atoms with E-state index in [1.807, 2.05) is 0 Å². The fourth-order valence-electron chi connectivity index (χ4n) is 1.69. The zero-order valence-corrected chi connectivity index (χ0v) is 8.65. The maximum Gasteiger partial charge on any atom is 0.511 e. The highest BCUT2D eigenvalue weighted by Crippen LogP contribution is 2.22. The lowest BCUT2D eigenvalue weighted by atomic mass is 9.77. The van der Waals surface area contributed by atoms with Gasteiger partial charge in [0.2, 0.25) is 0 Å². The molecule has 0 spiro atoms. The molecule has 7 heteroatoms. The van der Waals surface area contributed by atoms with Crippen molar-refractivity contribution in [3.63, 3.8) is 0 Å². The maximum atomic E-state index is 13.3. The number of hydrogen-bond donors (Lipinski definition) is 0. The Morgan fingerprint density at radius 3 is 2.35 bits per heavy atom. The molecule has 0 aliphatic heterocycles. The molecular weight excluding hydrogens is 240 g/mol. The van der Waals surface area contributed by atoms with Crippen molar-refractivity contribution in [3.8, 4) is 0 Å². The zero-order chi connectivity index (χ0) is 12.8. The van der Waals surface area contributed by atoms with Gasteiger partial charge in [0.1, 0.15) is 5.52 Å². The van der Waals surface area contributed by atoms with Gasteiger partial charge < -0.3 is 12.9 Å². The van der Waals surface area contributed by atoms with Crippen LogP contribution in [0.15, 0.2) is 18.3 Å². The first-order valence-electron chi connectivity index (χ1n) is 4.75. The summed E-state index contributed by atoms with van der Waals surface area (Å²) in [6.45, 7) is -4.00. The van der Waals surface area contributed by atoms with E-state index in [1.54, 1.807) is 0 Å². The van der Waals surface area contributed by atoms with E-state index in [0.29, 0.717) is 6.20 Å². The van der Waals surface area contributed by atoms with Crippen molar-refractivity contribution in [1.82, 2.24) is 4.98 Å². The number of aryl methyl sites for hydroxylation is 1. The van der Waals surface area contributed by atoms with Crippen LogP contribution in [-0.2, 0) is 0 Å². The third-order valence-corrected chi connectivity index (χ3v) is 2.59. The predicted molar refractivity (Wildman–Crippen MR) is 55.1 cm³/mol. The molecule has 17 heavy (non-hydrogen) atoms. The smallest absolute Gasteiger partial charge is 0.445 e. The van der Waals surface area contributed by atoms with Gasteiger partial charge in [0.15, 0.2) is 11.6 Å². The molecule has 0 N–H and O–H groups in total. The average molecular weight is 246 g/mol. The van der Waals surface area contributed by atoms with E-state index in [1.165, 1.54) is 6.92 Å². The Kier molecular flexibility index (Phi) is 2.56. The van der Waals surface area contributed by atoms with Crippen molar-refractivity contribution < 1.29 is 21.7 Å². The summed E-state index contributed by atoms with van der Waals surface area (Å²) in [5, 5.41) is -0.0272. The topological polar surface area (TPSA) is 12.9 Å². The summed E-state index contributed by atoms with van der Waals surface area (Å²) in [7, 11) is 0. The molecule has 0 unspecified atom stereocenters. The second kappa shape index (κ2) is 3.68. The lowest BCUT2D eigenvalue weighted by Crippen LogP contribution is -2.36. The number of pyridine rings is 1. The highest BCUT2D eigenvalue weighted by atomic mass is 19.4. The largest absolute Gasteiger partial charge is 0.511 e. The average Bonchev–Trinajstić information content (AvgIpc) is 2.22. The minimum Gasteiger partial charge on any atom is -0.445 e. The molecule has 0 radical (unpaired) electrons. The van der Waals surface area contributed by atoms with Gasteiger partial charge in [0.05, 0.1) is 0 Å². The minimum absolute atomic E-state index is 0.0272. The highest BCUT2D eigenvalue weighted by Gasteiger charge is 2.28. The highest BCUT2D eigenvalue weighted by molar-refractivity contribution is 6.74. The first-order chi connectivity index (χ1) is 7.82. The normalized spacial score (nSPS) is 12.1. The van der Waals surface area contributed by atoms with E-state index in [-0.39, 0.29) is 16.5 Å². The van der Waals surface area contributed by atoms with E-state index in [4.69, 9.17) is 0 Å². The van der Waals surface area contributed by atoms with Crippen molar-refractivity contribution in [2.24, 2.45) is 0 Å². The van der Waals surface area contributed by atoms with Gasteiger partial charge in [-0.15, -0.1) is 0 Å². The van der Waals surface area contributed by atoms with Gasteiger partial charge >= 0.3 is 6.98 Å². The van der Waals surface area contributed by atoms with Crippen LogP contribution in [0.5, 0.6) is 0 Å². The molecule has 2 aromatic rings. The van der Waals surface area contributed by atoms with Crippen LogP contribution in [0.3, 0.4) is 0 Å². The third-order valence-electron chi connectivity index (χ3n) is 2.59. The first kappa shape index (κ1) is 11.8. The van der Waals surface area contributed by atoms with E-state index in [9.17, 15) is 21.7 Å². The summed E-state index contributed by atoms with van der Waals surface area (Å²) in [6.07, 6.45) is 0.542. The Hall–Kier alpha value is -1.66. The molecular formula is C10H6BF5N-. The zero-order valence-electron chi connectivity index (χ0n) is 8.65. The molecule has 1 heterocycles. The number of halogens is 5. The number of benzene rings is 1. The van der Waals surface area contributed by atoms with Crippen LogP contribution in [0.4, 0.5) is 21.7 Å². The Morgan fingerprint density at radius 2 is 1.76 bits per heavy atom. The van der Waals surface area contributed by atoms with E-state index < -0.39 is 24.1 Å². The van der Waals surface area contributed by atoms with Crippen LogP contribution in [0.25, 0.3) is 10.9 Å². The standard InChI is InChI=1S/C10H6BF5N/c1-5-6-2-3-8(12)9(13)10(6)17-4-7(5)11(14,15)16/h2-4H,1H3/q-1. The molecule has 1 aromatic heterocycles. The summed E-state index contributed by atoms with van der Waals surface area (Å²) in [6, 6.07) is 1.89. The van der Waals surface area contributed by atoms with Crippen molar-refractivity contribution >= 4 is 23.3 Å². The molecule has 90 valence electrons. The first-order valence-corrected chi connectivity index (χ1v) is 4.75. The number of hydrogen-bond acceptors (Lipinski definition) is 1. The van der Waals surface area contributed by atoms with Gasteiger partial charge in [-0.3, -0.25) is 4.98 Å². The van der Waals surface area contributed by atoms with Crippen LogP contribution in [-0.4, -0.2) is 12.0 Å². The van der Waals surface area contributed by atoms with Crippen LogP contribution in [0.2, 0.25) is 0 Å². The second-order valence-electron chi connectivity index (χ2n) is 3.67. The van der Waals surface area contributed by atoms with Gasteiger partial charge in [-0.1, -0.05) is 11.0 Å². The quantitative estimate of drug-likeness (QED) is 0.556. The van der Waals surface area contributed by atoms with Crippen molar-refractivity contribution in [2.45, 2.75) is 6.92 Å². The predicted octanol–water partition coefficient (Wildman–Crippen LogP) is 2.88. The molecule has 0 fully saturated rings. The van der Waals surface area contributed by atoms with Gasteiger partial charge in [-0.2, -0.15) is 0 Å². The maximum absolute atomic E-state index is 13.3. The van der Waals surface area contributed by atoms with Crippen LogP contribution >= 0.6 is 0 Å². The van der Waals surface area contributed by atoms with E-state index in [2.05, 4.69) is 4.98 Å². The Balaban J connectivity index is 2.83. The molecule has 0 saturated carbocycles. The SMILES string of the molecule is Cc1c([B-](F)(F)F)cnc2c(F)c(F)ccc12. The van der Waals surface area contributed by atoms with Gasteiger partial charge in [0.25, 0.3) is 0 Å². The van der Waals surface area contributed by atoms with Crippen LogP contribution < -0.4 is 5.46 Å². The molecule has 0 amide bonds.